The van der Waals surface area contributed by atoms with Crippen molar-refractivity contribution in [3.05, 3.63) is 41.0 Å². The molecule has 1 unspecified atom stereocenters. The van der Waals surface area contributed by atoms with Gasteiger partial charge in [0.25, 0.3) is 5.91 Å². The zero-order valence-electron chi connectivity index (χ0n) is 14.9. The van der Waals surface area contributed by atoms with Crippen LogP contribution in [0.2, 0.25) is 0 Å². The van der Waals surface area contributed by atoms with Gasteiger partial charge in [0.05, 0.1) is 18.4 Å². The molecule has 26 heavy (non-hydrogen) atoms. The Kier molecular flexibility index (Phi) is 6.06. The Morgan fingerprint density at radius 1 is 1.38 bits per heavy atom. The molecule has 3 rings (SSSR count). The lowest BCUT2D eigenvalue weighted by Crippen LogP contribution is -2.37. The van der Waals surface area contributed by atoms with Crippen molar-refractivity contribution in [2.45, 2.75) is 45.3 Å². The molecule has 8 nitrogen and oxygen atoms in total. The fourth-order valence-corrected chi connectivity index (χ4v) is 2.96. The lowest BCUT2D eigenvalue weighted by Gasteiger charge is -2.23. The van der Waals surface area contributed by atoms with E-state index in [1.54, 1.807) is 0 Å². The van der Waals surface area contributed by atoms with Crippen LogP contribution in [0.15, 0.2) is 18.3 Å². The largest absolute Gasteiger partial charge is 0.370 e. The highest BCUT2D eigenvalue weighted by atomic mass is 16.5. The van der Waals surface area contributed by atoms with Crippen LogP contribution < -0.4 is 10.6 Å². The number of ether oxygens (including phenoxy) is 1. The number of nitrogens with one attached hydrogen (secondary N) is 4. The third kappa shape index (κ3) is 4.51. The standard InChI is InChI=1S/C18H25N5O3/c1-2-7-20-18(25)17-14-9-13(26-11-15(14)22-23-17)10-21-16(24)6-5-12-4-3-8-19-12/h3-4,8,13,19H,2,5-7,9-11H2,1H3,(H,20,25)(H,21,24)(H,22,23). The molecule has 0 radical (unpaired) electrons. The van der Waals surface area contributed by atoms with E-state index in [9.17, 15) is 9.59 Å². The number of aromatic amines is 2. The van der Waals surface area contributed by atoms with E-state index in [0.717, 1.165) is 23.4 Å². The lowest BCUT2D eigenvalue weighted by atomic mass is 10.0. The third-order valence-electron chi connectivity index (χ3n) is 4.41. The zero-order chi connectivity index (χ0) is 18.4. The van der Waals surface area contributed by atoms with Crippen molar-refractivity contribution in [1.29, 1.82) is 0 Å². The van der Waals surface area contributed by atoms with Gasteiger partial charge in [-0.05, 0) is 25.0 Å². The maximum atomic E-state index is 12.2. The minimum Gasteiger partial charge on any atom is -0.370 e. The molecule has 0 saturated heterocycles. The summed E-state index contributed by atoms with van der Waals surface area (Å²) in [7, 11) is 0. The fourth-order valence-electron chi connectivity index (χ4n) is 2.96. The second-order valence-electron chi connectivity index (χ2n) is 6.42. The van der Waals surface area contributed by atoms with E-state index < -0.39 is 0 Å². The summed E-state index contributed by atoms with van der Waals surface area (Å²) in [6.07, 6.45) is 4.22. The van der Waals surface area contributed by atoms with Gasteiger partial charge in [-0.25, -0.2) is 0 Å². The Bertz CT molecular complexity index is 738. The number of aromatic nitrogens is 3. The van der Waals surface area contributed by atoms with E-state index in [-0.39, 0.29) is 17.9 Å². The number of nitrogens with zero attached hydrogens (tertiary/aromatic N) is 1. The van der Waals surface area contributed by atoms with Crippen molar-refractivity contribution in [1.82, 2.24) is 25.8 Å². The summed E-state index contributed by atoms with van der Waals surface area (Å²) in [5.74, 6) is -0.179. The third-order valence-corrected chi connectivity index (χ3v) is 4.41. The second-order valence-corrected chi connectivity index (χ2v) is 6.42. The molecule has 4 N–H and O–H groups in total. The first-order valence-corrected chi connectivity index (χ1v) is 9.02. The molecule has 1 aliphatic rings. The van der Waals surface area contributed by atoms with Crippen LogP contribution in [0.1, 0.15) is 47.2 Å². The molecular weight excluding hydrogens is 334 g/mol. The van der Waals surface area contributed by atoms with E-state index in [1.165, 1.54) is 0 Å². The van der Waals surface area contributed by atoms with E-state index >= 15 is 0 Å². The number of hydrogen-bond acceptors (Lipinski definition) is 4. The predicted molar refractivity (Wildman–Crippen MR) is 95.6 cm³/mol. The Morgan fingerprint density at radius 2 is 2.27 bits per heavy atom. The van der Waals surface area contributed by atoms with Gasteiger partial charge in [-0.3, -0.25) is 14.7 Å². The molecule has 1 aliphatic heterocycles. The van der Waals surface area contributed by atoms with Crippen molar-refractivity contribution < 1.29 is 14.3 Å². The van der Waals surface area contributed by atoms with Crippen molar-refractivity contribution >= 4 is 11.8 Å². The van der Waals surface area contributed by atoms with Crippen LogP contribution in [0, 0.1) is 0 Å². The molecule has 0 aromatic carbocycles. The maximum absolute atomic E-state index is 12.2. The topological polar surface area (TPSA) is 112 Å². The molecule has 2 aromatic rings. The summed E-state index contributed by atoms with van der Waals surface area (Å²) in [6, 6.07) is 3.88. The Labute approximate surface area is 152 Å². The second kappa shape index (κ2) is 8.66. The number of carbonyl (C=O) groups excluding carboxylic acids is 2. The molecule has 2 aromatic heterocycles. The average molecular weight is 359 g/mol. The van der Waals surface area contributed by atoms with Gasteiger partial charge in [0, 0.05) is 43.4 Å². The van der Waals surface area contributed by atoms with Crippen LogP contribution >= 0.6 is 0 Å². The summed E-state index contributed by atoms with van der Waals surface area (Å²) in [6.45, 7) is 3.41. The highest BCUT2D eigenvalue weighted by molar-refractivity contribution is 5.94. The van der Waals surface area contributed by atoms with Gasteiger partial charge >= 0.3 is 0 Å². The SMILES string of the molecule is CCCNC(=O)c1n[nH]c2c1CC(CNC(=O)CCc1ccc[nH]1)OC2. The number of fused-ring (bicyclic) bond motifs is 1. The van der Waals surface area contributed by atoms with Crippen LogP contribution in [0.4, 0.5) is 0 Å². The van der Waals surface area contributed by atoms with Gasteiger partial charge in [-0.2, -0.15) is 5.10 Å². The normalized spacial score (nSPS) is 16.1. The fraction of sp³-hybridized carbons (Fsp3) is 0.500. The summed E-state index contributed by atoms with van der Waals surface area (Å²) in [5, 5.41) is 12.8. The van der Waals surface area contributed by atoms with Crippen LogP contribution in [0.25, 0.3) is 0 Å². The Morgan fingerprint density at radius 3 is 3.04 bits per heavy atom. The first-order valence-electron chi connectivity index (χ1n) is 9.02. The van der Waals surface area contributed by atoms with Gasteiger partial charge in [-0.15, -0.1) is 0 Å². The molecule has 1 atom stereocenters. The molecular formula is C18H25N5O3. The van der Waals surface area contributed by atoms with E-state index in [4.69, 9.17) is 4.74 Å². The molecule has 0 fully saturated rings. The van der Waals surface area contributed by atoms with Crippen molar-refractivity contribution in [2.24, 2.45) is 0 Å². The van der Waals surface area contributed by atoms with Crippen LogP contribution in [0.3, 0.4) is 0 Å². The van der Waals surface area contributed by atoms with E-state index in [0.29, 0.717) is 44.7 Å². The van der Waals surface area contributed by atoms with Crippen molar-refractivity contribution in [3.63, 3.8) is 0 Å². The molecule has 2 amide bonds. The van der Waals surface area contributed by atoms with Crippen LogP contribution in [-0.4, -0.2) is 46.2 Å². The lowest BCUT2D eigenvalue weighted by molar-refractivity contribution is -0.121. The smallest absolute Gasteiger partial charge is 0.272 e. The van der Waals surface area contributed by atoms with E-state index in [1.807, 2.05) is 25.3 Å². The minimum atomic E-state index is -0.167. The van der Waals surface area contributed by atoms with Gasteiger partial charge in [-0.1, -0.05) is 6.92 Å². The molecule has 0 bridgehead atoms. The molecule has 0 saturated carbocycles. The van der Waals surface area contributed by atoms with Crippen molar-refractivity contribution in [3.8, 4) is 0 Å². The number of rotatable bonds is 8. The monoisotopic (exact) mass is 359 g/mol. The van der Waals surface area contributed by atoms with Crippen molar-refractivity contribution in [2.75, 3.05) is 13.1 Å². The zero-order valence-corrected chi connectivity index (χ0v) is 14.9. The first-order chi connectivity index (χ1) is 12.7. The Hall–Kier alpha value is -2.61. The van der Waals surface area contributed by atoms with E-state index in [2.05, 4.69) is 25.8 Å². The molecule has 0 aliphatic carbocycles. The summed E-state index contributed by atoms with van der Waals surface area (Å²) < 4.78 is 5.76. The predicted octanol–water partition coefficient (Wildman–Crippen LogP) is 1.07. The number of H-pyrrole nitrogens is 2. The maximum Gasteiger partial charge on any atom is 0.272 e. The van der Waals surface area contributed by atoms with Gasteiger partial charge < -0.3 is 20.4 Å². The summed E-state index contributed by atoms with van der Waals surface area (Å²) >= 11 is 0. The number of carbonyl (C=O) groups is 2. The molecule has 0 spiro atoms. The van der Waals surface area contributed by atoms with Gasteiger partial charge in [0.1, 0.15) is 0 Å². The summed E-state index contributed by atoms with van der Waals surface area (Å²) in [5.41, 5.74) is 3.19. The highest BCUT2D eigenvalue weighted by Crippen LogP contribution is 2.21. The van der Waals surface area contributed by atoms with Gasteiger partial charge in [0.15, 0.2) is 5.69 Å². The quantitative estimate of drug-likeness (QED) is 0.565. The number of aryl methyl sites for hydroxylation is 1. The number of hydrogen-bond donors (Lipinski definition) is 4. The van der Waals surface area contributed by atoms with Crippen LogP contribution in [-0.2, 0) is 29.0 Å². The average Bonchev–Trinajstić information content (AvgIpc) is 3.31. The molecule has 140 valence electrons. The number of amides is 2. The molecule has 3 heterocycles. The highest BCUT2D eigenvalue weighted by Gasteiger charge is 2.27. The van der Waals surface area contributed by atoms with Crippen LogP contribution in [0.5, 0.6) is 0 Å². The minimum absolute atomic E-state index is 0.0119. The first kappa shape index (κ1) is 18.2. The Balaban J connectivity index is 1.49. The summed E-state index contributed by atoms with van der Waals surface area (Å²) in [4.78, 5) is 27.3. The molecule has 8 heteroatoms. The van der Waals surface area contributed by atoms with Gasteiger partial charge in [0.2, 0.25) is 5.91 Å².